The Kier molecular flexibility index (Phi) is 6.78. The first-order valence-corrected chi connectivity index (χ1v) is 12.6. The van der Waals surface area contributed by atoms with Crippen LogP contribution in [0.5, 0.6) is 0 Å². The smallest absolute Gasteiger partial charge is 0.310 e. The molecule has 31 heavy (non-hydrogen) atoms. The second-order valence-corrected chi connectivity index (χ2v) is 10.9. The van der Waals surface area contributed by atoms with Gasteiger partial charge in [0.1, 0.15) is 6.61 Å². The Hall–Kier alpha value is -1.78. The molecule has 4 rings (SSSR count). The van der Waals surface area contributed by atoms with Crippen molar-refractivity contribution in [1.82, 2.24) is 0 Å². The van der Waals surface area contributed by atoms with E-state index in [4.69, 9.17) is 4.74 Å². The highest BCUT2D eigenvalue weighted by atomic mass is 32.2. The van der Waals surface area contributed by atoms with Crippen molar-refractivity contribution in [3.05, 3.63) is 71.8 Å². The Labute approximate surface area is 190 Å². The lowest BCUT2D eigenvalue weighted by Crippen LogP contribution is -2.41. The number of hydrogen-bond acceptors (Lipinski definition) is 4. The number of carbonyl (C=O) groups excluding carboxylic acids is 1. The fourth-order valence-electron chi connectivity index (χ4n) is 5.72. The van der Waals surface area contributed by atoms with E-state index in [0.29, 0.717) is 18.9 Å². The van der Waals surface area contributed by atoms with E-state index in [1.165, 1.54) is 6.42 Å². The number of rotatable bonds is 9. The van der Waals surface area contributed by atoms with E-state index in [-0.39, 0.29) is 28.8 Å². The van der Waals surface area contributed by atoms with Crippen LogP contribution in [0.1, 0.15) is 44.2 Å². The van der Waals surface area contributed by atoms with Crippen LogP contribution in [0.15, 0.2) is 60.7 Å². The van der Waals surface area contributed by atoms with Crippen LogP contribution in [-0.4, -0.2) is 28.7 Å². The maximum absolute atomic E-state index is 13.0. The van der Waals surface area contributed by atoms with Crippen LogP contribution in [0.4, 0.5) is 0 Å². The van der Waals surface area contributed by atoms with E-state index in [2.05, 4.69) is 26.0 Å². The van der Waals surface area contributed by atoms with Crippen LogP contribution < -0.4 is 0 Å². The van der Waals surface area contributed by atoms with Crippen molar-refractivity contribution in [2.24, 2.45) is 22.7 Å². The van der Waals surface area contributed by atoms with Gasteiger partial charge in [0.15, 0.2) is 0 Å². The summed E-state index contributed by atoms with van der Waals surface area (Å²) in [5.74, 6) is 1.94. The zero-order valence-corrected chi connectivity index (χ0v) is 19.4. The first kappa shape index (κ1) is 22.4. The quantitative estimate of drug-likeness (QED) is 0.525. The van der Waals surface area contributed by atoms with Gasteiger partial charge in [0, 0.05) is 16.9 Å². The molecule has 2 saturated carbocycles. The predicted octanol–water partition coefficient (Wildman–Crippen LogP) is 5.51. The molecular weight excluding hydrogens is 404 g/mol. The lowest BCUT2D eigenvalue weighted by Gasteiger charge is -2.40. The third-order valence-electron chi connectivity index (χ3n) is 7.95. The van der Waals surface area contributed by atoms with Crippen LogP contribution in [0.25, 0.3) is 0 Å². The zero-order valence-electron chi connectivity index (χ0n) is 18.6. The fraction of sp³-hybridized carbons (Fsp3) is 0.519. The lowest BCUT2D eigenvalue weighted by molar-refractivity contribution is -0.149. The molecule has 0 spiro atoms. The third kappa shape index (κ3) is 4.56. The maximum Gasteiger partial charge on any atom is 0.310 e. The van der Waals surface area contributed by atoms with Gasteiger partial charge in [0.05, 0.1) is 12.0 Å². The molecule has 2 aromatic rings. The second-order valence-electron chi connectivity index (χ2n) is 9.86. The first-order chi connectivity index (χ1) is 14.9. The van der Waals surface area contributed by atoms with Crippen LogP contribution in [0.2, 0.25) is 0 Å². The van der Waals surface area contributed by atoms with Crippen LogP contribution in [0, 0.1) is 22.7 Å². The molecule has 3 unspecified atom stereocenters. The van der Waals surface area contributed by atoms with Crippen molar-refractivity contribution in [2.45, 2.75) is 52.2 Å². The number of esters is 1. The minimum atomic E-state index is -0.216. The van der Waals surface area contributed by atoms with E-state index in [1.54, 1.807) is 0 Å². The van der Waals surface area contributed by atoms with Crippen LogP contribution in [-0.2, 0) is 22.6 Å². The molecule has 0 aliphatic heterocycles. The van der Waals surface area contributed by atoms with Crippen molar-refractivity contribution in [2.75, 3.05) is 11.5 Å². The molecule has 166 valence electrons. The van der Waals surface area contributed by atoms with E-state index in [9.17, 15) is 9.90 Å². The van der Waals surface area contributed by atoms with E-state index in [1.807, 2.05) is 60.3 Å². The van der Waals surface area contributed by atoms with Gasteiger partial charge in [0.25, 0.3) is 0 Å². The monoisotopic (exact) mass is 438 g/mol. The summed E-state index contributed by atoms with van der Waals surface area (Å²) in [6.07, 6.45) is 3.72. The Morgan fingerprint density at radius 1 is 1.10 bits per heavy atom. The number of aliphatic hydroxyl groups excluding tert-OH is 1. The number of ether oxygens (including phenoxy) is 1. The molecule has 0 amide bonds. The first-order valence-electron chi connectivity index (χ1n) is 11.4. The highest BCUT2D eigenvalue weighted by molar-refractivity contribution is 7.99. The normalized spacial score (nSPS) is 27.2. The van der Waals surface area contributed by atoms with E-state index < -0.39 is 0 Å². The molecule has 4 atom stereocenters. The van der Waals surface area contributed by atoms with Gasteiger partial charge in [-0.1, -0.05) is 74.5 Å². The summed E-state index contributed by atoms with van der Waals surface area (Å²) in [6.45, 7) is 4.97. The Morgan fingerprint density at radius 3 is 2.32 bits per heavy atom. The molecule has 2 aliphatic carbocycles. The molecule has 1 N–H and O–H groups in total. The SMILES string of the molecule is CC1(C)C2CCC1(CSC[C@H](Cc1ccccc1)C(=O)OCc1ccccc1)C(O)C2. The number of aliphatic hydroxyl groups is 1. The summed E-state index contributed by atoms with van der Waals surface area (Å²) in [4.78, 5) is 13.0. The second kappa shape index (κ2) is 9.38. The minimum Gasteiger partial charge on any atom is -0.461 e. The molecule has 3 nitrogen and oxygen atoms in total. The number of benzene rings is 2. The van der Waals surface area contributed by atoms with Gasteiger partial charge in [-0.05, 0) is 48.1 Å². The summed E-state index contributed by atoms with van der Waals surface area (Å²) < 4.78 is 5.71. The summed E-state index contributed by atoms with van der Waals surface area (Å²) >= 11 is 1.82. The Morgan fingerprint density at radius 2 is 1.74 bits per heavy atom. The fourth-order valence-corrected chi connectivity index (χ4v) is 7.45. The van der Waals surface area contributed by atoms with Gasteiger partial charge < -0.3 is 9.84 Å². The van der Waals surface area contributed by atoms with Crippen molar-refractivity contribution in [3.8, 4) is 0 Å². The highest BCUT2D eigenvalue weighted by Gasteiger charge is 2.63. The third-order valence-corrected chi connectivity index (χ3v) is 9.31. The lowest BCUT2D eigenvalue weighted by atomic mass is 9.70. The summed E-state index contributed by atoms with van der Waals surface area (Å²) in [6, 6.07) is 20.0. The van der Waals surface area contributed by atoms with Crippen molar-refractivity contribution in [3.63, 3.8) is 0 Å². The van der Waals surface area contributed by atoms with Gasteiger partial charge in [-0.15, -0.1) is 0 Å². The number of thioether (sulfide) groups is 1. The average Bonchev–Trinajstić information content (AvgIpc) is 3.13. The van der Waals surface area contributed by atoms with Crippen LogP contribution in [0.3, 0.4) is 0 Å². The summed E-state index contributed by atoms with van der Waals surface area (Å²) in [5, 5.41) is 10.8. The van der Waals surface area contributed by atoms with Gasteiger partial charge in [-0.2, -0.15) is 11.8 Å². The van der Waals surface area contributed by atoms with Crippen molar-refractivity contribution >= 4 is 17.7 Å². The molecule has 0 heterocycles. The van der Waals surface area contributed by atoms with E-state index in [0.717, 1.165) is 35.5 Å². The van der Waals surface area contributed by atoms with Gasteiger partial charge in [-0.25, -0.2) is 0 Å². The van der Waals surface area contributed by atoms with Gasteiger partial charge in [-0.3, -0.25) is 4.79 Å². The van der Waals surface area contributed by atoms with Crippen molar-refractivity contribution in [1.29, 1.82) is 0 Å². The molecule has 2 aliphatic rings. The molecular formula is C27H34O3S. The van der Waals surface area contributed by atoms with Crippen LogP contribution >= 0.6 is 11.8 Å². The number of carbonyl (C=O) groups is 1. The Bertz CT molecular complexity index is 867. The van der Waals surface area contributed by atoms with Gasteiger partial charge >= 0.3 is 5.97 Å². The number of fused-ring (bicyclic) bond motifs is 2. The largest absolute Gasteiger partial charge is 0.461 e. The maximum atomic E-state index is 13.0. The molecule has 0 saturated heterocycles. The summed E-state index contributed by atoms with van der Waals surface area (Å²) in [7, 11) is 0. The molecule has 0 aromatic heterocycles. The Balaban J connectivity index is 1.40. The highest BCUT2D eigenvalue weighted by Crippen LogP contribution is 2.66. The topological polar surface area (TPSA) is 46.5 Å². The van der Waals surface area contributed by atoms with Crippen molar-refractivity contribution < 1.29 is 14.6 Å². The average molecular weight is 439 g/mol. The minimum absolute atomic E-state index is 0.0203. The molecule has 2 aromatic carbocycles. The molecule has 0 radical (unpaired) electrons. The summed E-state index contributed by atoms with van der Waals surface area (Å²) in [5.41, 5.74) is 2.31. The molecule has 2 bridgehead atoms. The van der Waals surface area contributed by atoms with Gasteiger partial charge in [0.2, 0.25) is 0 Å². The molecule has 4 heteroatoms. The van der Waals surface area contributed by atoms with E-state index >= 15 is 0 Å². The zero-order chi connectivity index (χ0) is 21.9. The predicted molar refractivity (Wildman–Crippen MR) is 127 cm³/mol. The number of hydrogen-bond donors (Lipinski definition) is 1. The molecule has 2 fully saturated rings. The standard InChI is InChI=1S/C27H34O3S/c1-26(2)23-13-14-27(26,24(28)16-23)19-31-18-22(15-20-9-5-3-6-10-20)25(29)30-17-21-11-7-4-8-12-21/h3-12,22-24,28H,13-19H2,1-2H3/t22-,23?,24?,27?/m0/s1.